The standard InChI is InChI=1S/C25H25N5O3/c1-32-17-12-25(24-28-22(33-29-24)19-8-13-26-14-9-19)10-15-30(16-11-25)23(31)21-7-6-18-4-2-3-5-20(18)27-21/h2-9,13-14H,10-12,15-17H2,1H3. The van der Waals surface area contributed by atoms with Crippen LogP contribution in [0.2, 0.25) is 0 Å². The van der Waals surface area contributed by atoms with Crippen molar-refractivity contribution in [2.24, 2.45) is 0 Å². The summed E-state index contributed by atoms with van der Waals surface area (Å²) in [7, 11) is 1.69. The van der Waals surface area contributed by atoms with Crippen molar-refractivity contribution in [3.8, 4) is 11.5 Å². The second-order valence-electron chi connectivity index (χ2n) is 8.36. The Hall–Kier alpha value is -3.65. The highest BCUT2D eigenvalue weighted by atomic mass is 16.5. The number of methoxy groups -OCH3 is 1. The van der Waals surface area contributed by atoms with E-state index >= 15 is 0 Å². The van der Waals surface area contributed by atoms with Gasteiger partial charge in [-0.05, 0) is 43.5 Å². The number of carbonyl (C=O) groups is 1. The molecule has 4 aromatic rings. The summed E-state index contributed by atoms with van der Waals surface area (Å²) in [4.78, 5) is 28.4. The molecule has 1 saturated heterocycles. The minimum Gasteiger partial charge on any atom is -0.385 e. The number of hydrogen-bond donors (Lipinski definition) is 0. The van der Waals surface area contributed by atoms with E-state index in [-0.39, 0.29) is 11.3 Å². The molecule has 1 aromatic carbocycles. The number of ether oxygens (including phenoxy) is 1. The molecule has 1 aliphatic rings. The number of benzene rings is 1. The van der Waals surface area contributed by atoms with E-state index in [1.165, 1.54) is 0 Å². The van der Waals surface area contributed by atoms with Gasteiger partial charge in [0.15, 0.2) is 5.82 Å². The zero-order valence-corrected chi connectivity index (χ0v) is 18.5. The Morgan fingerprint density at radius 3 is 2.64 bits per heavy atom. The maximum absolute atomic E-state index is 13.2. The summed E-state index contributed by atoms with van der Waals surface area (Å²) in [5, 5.41) is 5.35. The van der Waals surface area contributed by atoms with Gasteiger partial charge < -0.3 is 14.2 Å². The normalized spacial score (nSPS) is 15.6. The Balaban J connectivity index is 1.35. The van der Waals surface area contributed by atoms with Crippen LogP contribution in [0.15, 0.2) is 65.4 Å². The minimum absolute atomic E-state index is 0.0494. The number of pyridine rings is 2. The van der Waals surface area contributed by atoms with Gasteiger partial charge in [-0.15, -0.1) is 0 Å². The Morgan fingerprint density at radius 2 is 1.85 bits per heavy atom. The first-order chi connectivity index (χ1) is 16.2. The smallest absolute Gasteiger partial charge is 0.272 e. The van der Waals surface area contributed by atoms with Crippen LogP contribution in [-0.4, -0.2) is 57.7 Å². The first-order valence-electron chi connectivity index (χ1n) is 11.1. The lowest BCUT2D eigenvalue weighted by Crippen LogP contribution is -2.46. The van der Waals surface area contributed by atoms with Crippen LogP contribution < -0.4 is 0 Å². The summed E-state index contributed by atoms with van der Waals surface area (Å²) in [6, 6.07) is 15.3. The average molecular weight is 444 g/mol. The lowest BCUT2D eigenvalue weighted by molar-refractivity contribution is 0.0611. The predicted octanol–water partition coefficient (Wildman–Crippen LogP) is 3.89. The maximum Gasteiger partial charge on any atom is 0.272 e. The summed E-state index contributed by atoms with van der Waals surface area (Å²) >= 11 is 0. The number of piperidine rings is 1. The Kier molecular flexibility index (Phi) is 5.83. The van der Waals surface area contributed by atoms with Crippen LogP contribution in [0, 0.1) is 0 Å². The Labute approximate surface area is 191 Å². The molecule has 5 rings (SSSR count). The van der Waals surface area contributed by atoms with Crippen LogP contribution in [0.25, 0.3) is 22.4 Å². The van der Waals surface area contributed by atoms with Crippen molar-refractivity contribution < 1.29 is 14.1 Å². The SMILES string of the molecule is COCCC1(c2noc(-c3ccncc3)n2)CCN(C(=O)c2ccc3ccccc3n2)CC1. The monoisotopic (exact) mass is 443 g/mol. The van der Waals surface area contributed by atoms with Gasteiger partial charge in [0.05, 0.1) is 5.52 Å². The van der Waals surface area contributed by atoms with Crippen molar-refractivity contribution in [3.05, 3.63) is 72.4 Å². The van der Waals surface area contributed by atoms with Gasteiger partial charge in [0.2, 0.25) is 0 Å². The number of hydrogen-bond acceptors (Lipinski definition) is 7. The highest BCUT2D eigenvalue weighted by Crippen LogP contribution is 2.38. The molecule has 4 heterocycles. The van der Waals surface area contributed by atoms with Crippen LogP contribution in [-0.2, 0) is 10.2 Å². The number of amides is 1. The van der Waals surface area contributed by atoms with E-state index in [9.17, 15) is 4.79 Å². The number of nitrogens with zero attached hydrogens (tertiary/aromatic N) is 5. The second kappa shape index (κ2) is 9.07. The van der Waals surface area contributed by atoms with E-state index in [1.54, 1.807) is 25.6 Å². The third-order valence-electron chi connectivity index (χ3n) is 6.44. The van der Waals surface area contributed by atoms with Gasteiger partial charge in [0.1, 0.15) is 5.69 Å². The van der Waals surface area contributed by atoms with Gasteiger partial charge in [-0.1, -0.05) is 29.4 Å². The van der Waals surface area contributed by atoms with Gasteiger partial charge in [-0.3, -0.25) is 9.78 Å². The molecular formula is C25H25N5O3. The van der Waals surface area contributed by atoms with Crippen LogP contribution in [0.5, 0.6) is 0 Å². The third-order valence-corrected chi connectivity index (χ3v) is 6.44. The van der Waals surface area contributed by atoms with Crippen molar-refractivity contribution in [3.63, 3.8) is 0 Å². The van der Waals surface area contributed by atoms with Gasteiger partial charge in [0.25, 0.3) is 11.8 Å². The van der Waals surface area contributed by atoms with E-state index in [0.29, 0.717) is 37.1 Å². The predicted molar refractivity (Wildman–Crippen MR) is 123 cm³/mol. The summed E-state index contributed by atoms with van der Waals surface area (Å²) in [5.74, 6) is 1.09. The molecule has 3 aromatic heterocycles. The lowest BCUT2D eigenvalue weighted by Gasteiger charge is -2.39. The molecule has 0 aliphatic carbocycles. The fraction of sp³-hybridized carbons (Fsp3) is 0.320. The molecule has 0 saturated carbocycles. The molecule has 0 unspecified atom stereocenters. The zero-order chi connectivity index (χ0) is 22.7. The van der Waals surface area contributed by atoms with Crippen molar-refractivity contribution in [2.75, 3.05) is 26.8 Å². The first kappa shape index (κ1) is 21.2. The quantitative estimate of drug-likeness (QED) is 0.446. The van der Waals surface area contributed by atoms with E-state index in [1.807, 2.05) is 47.4 Å². The average Bonchev–Trinajstić information content (AvgIpc) is 3.39. The molecule has 1 fully saturated rings. The van der Waals surface area contributed by atoms with Gasteiger partial charge >= 0.3 is 0 Å². The fourth-order valence-corrected chi connectivity index (χ4v) is 4.42. The number of fused-ring (bicyclic) bond motifs is 1. The lowest BCUT2D eigenvalue weighted by atomic mass is 9.75. The highest BCUT2D eigenvalue weighted by Gasteiger charge is 2.41. The summed E-state index contributed by atoms with van der Waals surface area (Å²) in [5.41, 5.74) is 1.82. The van der Waals surface area contributed by atoms with E-state index in [0.717, 1.165) is 35.7 Å². The molecular weight excluding hydrogens is 418 g/mol. The highest BCUT2D eigenvalue weighted by molar-refractivity contribution is 5.95. The Morgan fingerprint density at radius 1 is 1.06 bits per heavy atom. The summed E-state index contributed by atoms with van der Waals surface area (Å²) in [6.07, 6.45) is 5.61. The van der Waals surface area contributed by atoms with E-state index < -0.39 is 0 Å². The summed E-state index contributed by atoms with van der Waals surface area (Å²) < 4.78 is 11.0. The van der Waals surface area contributed by atoms with Crippen molar-refractivity contribution in [1.29, 1.82) is 0 Å². The molecule has 1 aliphatic heterocycles. The molecule has 1 amide bonds. The topological polar surface area (TPSA) is 94.2 Å². The number of likely N-dealkylation sites (tertiary alicyclic amines) is 1. The molecule has 0 bridgehead atoms. The summed E-state index contributed by atoms with van der Waals surface area (Å²) in [6.45, 7) is 1.77. The van der Waals surface area contributed by atoms with Crippen LogP contribution in [0.4, 0.5) is 0 Å². The largest absolute Gasteiger partial charge is 0.385 e. The molecule has 8 heteroatoms. The van der Waals surface area contributed by atoms with Crippen LogP contribution in [0.1, 0.15) is 35.6 Å². The first-order valence-corrected chi connectivity index (χ1v) is 11.1. The van der Waals surface area contributed by atoms with Gasteiger partial charge in [-0.25, -0.2) is 4.98 Å². The van der Waals surface area contributed by atoms with E-state index in [4.69, 9.17) is 14.2 Å². The number of rotatable bonds is 6. The molecule has 0 radical (unpaired) electrons. The van der Waals surface area contributed by atoms with Crippen molar-refractivity contribution in [2.45, 2.75) is 24.7 Å². The Bertz CT molecular complexity index is 1250. The van der Waals surface area contributed by atoms with Crippen LogP contribution >= 0.6 is 0 Å². The van der Waals surface area contributed by atoms with Gasteiger partial charge in [-0.2, -0.15) is 4.98 Å². The van der Waals surface area contributed by atoms with Gasteiger partial charge in [0, 0.05) is 55.6 Å². The number of carbonyl (C=O) groups excluding carboxylic acids is 1. The number of para-hydroxylation sites is 1. The van der Waals surface area contributed by atoms with E-state index in [2.05, 4.69) is 15.1 Å². The third kappa shape index (κ3) is 4.21. The minimum atomic E-state index is -0.307. The fourth-order valence-electron chi connectivity index (χ4n) is 4.42. The maximum atomic E-state index is 13.2. The molecule has 0 spiro atoms. The molecule has 168 valence electrons. The zero-order valence-electron chi connectivity index (χ0n) is 18.5. The van der Waals surface area contributed by atoms with Crippen molar-refractivity contribution >= 4 is 16.8 Å². The molecule has 8 nitrogen and oxygen atoms in total. The molecule has 0 atom stereocenters. The second-order valence-corrected chi connectivity index (χ2v) is 8.36. The molecule has 0 N–H and O–H groups in total. The number of aromatic nitrogens is 4. The van der Waals surface area contributed by atoms with Crippen molar-refractivity contribution in [1.82, 2.24) is 25.0 Å². The van der Waals surface area contributed by atoms with Crippen LogP contribution in [0.3, 0.4) is 0 Å². The molecule has 33 heavy (non-hydrogen) atoms.